The molecule has 2 aliphatic carbocycles. The van der Waals surface area contributed by atoms with Gasteiger partial charge in [0.25, 0.3) is 0 Å². The predicted octanol–water partition coefficient (Wildman–Crippen LogP) is 4.20. The zero-order valence-corrected chi connectivity index (χ0v) is 18.2. The van der Waals surface area contributed by atoms with Crippen molar-refractivity contribution in [1.29, 1.82) is 0 Å². The van der Waals surface area contributed by atoms with E-state index in [-0.39, 0.29) is 42.4 Å². The van der Waals surface area contributed by atoms with E-state index in [9.17, 15) is 14.7 Å². The second-order valence-electron chi connectivity index (χ2n) is 9.36. The SMILES string of the molecule is CC[C@@H](C)C(=O)O[C@H]1C[C@@H](C)C=C2C=C[C@H](C)[C@H](CC[C@H]3C[C@H](O)CC(=O)O3)[C@H]21. The standard InChI is InChI=1S/C24H36O5/c1-5-15(3)24(27)29-21-11-14(2)10-17-7-6-16(4)20(23(17)21)9-8-19-12-18(25)13-22(26)28-19/h6-7,10,14-16,18-21,23,25H,5,8-9,11-13H2,1-4H3/t14-,15+,16-,18-,19-,20-,21-,23-/m0/s1. The number of ether oxygens (including phenoxy) is 2. The highest BCUT2D eigenvalue weighted by atomic mass is 16.5. The first kappa shape index (κ1) is 22.1. The van der Waals surface area contributed by atoms with E-state index in [1.54, 1.807) is 0 Å². The van der Waals surface area contributed by atoms with Gasteiger partial charge in [-0.15, -0.1) is 0 Å². The van der Waals surface area contributed by atoms with Gasteiger partial charge in [0.2, 0.25) is 0 Å². The molecule has 0 spiro atoms. The smallest absolute Gasteiger partial charge is 0.308 e. The molecule has 1 heterocycles. The Morgan fingerprint density at radius 3 is 2.76 bits per heavy atom. The van der Waals surface area contributed by atoms with Gasteiger partial charge in [0.15, 0.2) is 0 Å². The van der Waals surface area contributed by atoms with E-state index in [1.165, 1.54) is 5.57 Å². The van der Waals surface area contributed by atoms with E-state index in [4.69, 9.17) is 9.47 Å². The second-order valence-corrected chi connectivity index (χ2v) is 9.36. The predicted molar refractivity (Wildman–Crippen MR) is 111 cm³/mol. The van der Waals surface area contributed by atoms with Crippen LogP contribution in [-0.4, -0.2) is 35.4 Å². The van der Waals surface area contributed by atoms with Crippen LogP contribution in [0.15, 0.2) is 23.8 Å². The summed E-state index contributed by atoms with van der Waals surface area (Å²) in [6, 6.07) is 0. The minimum absolute atomic E-state index is 0.0854. The Kier molecular flexibility index (Phi) is 7.20. The van der Waals surface area contributed by atoms with E-state index in [0.29, 0.717) is 24.2 Å². The first-order valence-corrected chi connectivity index (χ1v) is 11.3. The number of rotatable bonds is 6. The number of hydrogen-bond acceptors (Lipinski definition) is 5. The Morgan fingerprint density at radius 1 is 1.31 bits per heavy atom. The Bertz CT molecular complexity index is 666. The molecule has 0 amide bonds. The maximum absolute atomic E-state index is 12.5. The highest BCUT2D eigenvalue weighted by Crippen LogP contribution is 2.45. The summed E-state index contributed by atoms with van der Waals surface area (Å²) < 4.78 is 11.5. The van der Waals surface area contributed by atoms with Crippen molar-refractivity contribution < 1.29 is 24.2 Å². The number of esters is 2. The molecule has 8 atom stereocenters. The van der Waals surface area contributed by atoms with Gasteiger partial charge < -0.3 is 14.6 Å². The molecular weight excluding hydrogens is 368 g/mol. The van der Waals surface area contributed by atoms with E-state index < -0.39 is 6.10 Å². The minimum Gasteiger partial charge on any atom is -0.462 e. The fourth-order valence-corrected chi connectivity index (χ4v) is 5.07. The number of carbonyl (C=O) groups excluding carboxylic acids is 2. The summed E-state index contributed by atoms with van der Waals surface area (Å²) in [7, 11) is 0. The van der Waals surface area contributed by atoms with Crippen LogP contribution in [0.2, 0.25) is 0 Å². The Balaban J connectivity index is 1.74. The zero-order valence-electron chi connectivity index (χ0n) is 18.2. The van der Waals surface area contributed by atoms with Crippen molar-refractivity contribution in [2.24, 2.45) is 29.6 Å². The molecule has 0 bridgehead atoms. The molecule has 1 aliphatic heterocycles. The molecule has 5 heteroatoms. The third-order valence-corrected chi connectivity index (χ3v) is 6.93. The van der Waals surface area contributed by atoms with Crippen LogP contribution >= 0.6 is 0 Å². The lowest BCUT2D eigenvalue weighted by molar-refractivity contribution is -0.162. The second kappa shape index (κ2) is 9.46. The molecule has 5 nitrogen and oxygen atoms in total. The van der Waals surface area contributed by atoms with Crippen molar-refractivity contribution in [3.63, 3.8) is 0 Å². The topological polar surface area (TPSA) is 72.8 Å². The Morgan fingerprint density at radius 2 is 2.07 bits per heavy atom. The zero-order chi connectivity index (χ0) is 21.1. The fourth-order valence-electron chi connectivity index (χ4n) is 5.07. The highest BCUT2D eigenvalue weighted by Gasteiger charge is 2.42. The Labute approximate surface area is 174 Å². The molecule has 29 heavy (non-hydrogen) atoms. The van der Waals surface area contributed by atoms with E-state index >= 15 is 0 Å². The molecule has 0 aromatic heterocycles. The summed E-state index contributed by atoms with van der Waals surface area (Å²) >= 11 is 0. The van der Waals surface area contributed by atoms with E-state index in [1.807, 2.05) is 13.8 Å². The fraction of sp³-hybridized carbons (Fsp3) is 0.750. The molecule has 0 aromatic rings. The first-order valence-electron chi connectivity index (χ1n) is 11.3. The van der Waals surface area contributed by atoms with Gasteiger partial charge in [-0.2, -0.15) is 0 Å². The number of carbonyl (C=O) groups is 2. The molecule has 0 saturated carbocycles. The molecule has 0 unspecified atom stereocenters. The van der Waals surface area contributed by atoms with Crippen LogP contribution < -0.4 is 0 Å². The average molecular weight is 405 g/mol. The summed E-state index contributed by atoms with van der Waals surface area (Å²) in [6.07, 6.45) is 9.70. The summed E-state index contributed by atoms with van der Waals surface area (Å²) in [4.78, 5) is 24.2. The van der Waals surface area contributed by atoms with Crippen LogP contribution in [0, 0.1) is 29.6 Å². The van der Waals surface area contributed by atoms with Gasteiger partial charge in [-0.1, -0.05) is 45.9 Å². The molecular formula is C24H36O5. The van der Waals surface area contributed by atoms with Gasteiger partial charge in [-0.05, 0) is 49.0 Å². The van der Waals surface area contributed by atoms with Gasteiger partial charge in [0, 0.05) is 12.3 Å². The quantitative estimate of drug-likeness (QED) is 0.672. The molecule has 3 aliphatic rings. The van der Waals surface area contributed by atoms with E-state index in [2.05, 4.69) is 32.1 Å². The van der Waals surface area contributed by atoms with Crippen molar-refractivity contribution in [3.8, 4) is 0 Å². The van der Waals surface area contributed by atoms with Gasteiger partial charge in [0.05, 0.1) is 18.4 Å². The molecule has 0 radical (unpaired) electrons. The largest absolute Gasteiger partial charge is 0.462 e. The van der Waals surface area contributed by atoms with Crippen molar-refractivity contribution in [3.05, 3.63) is 23.8 Å². The normalized spacial score (nSPS) is 37.9. The van der Waals surface area contributed by atoms with Crippen LogP contribution in [-0.2, 0) is 19.1 Å². The lowest BCUT2D eigenvalue weighted by Crippen LogP contribution is -2.42. The number of aliphatic hydroxyl groups is 1. The number of cyclic esters (lactones) is 1. The van der Waals surface area contributed by atoms with Crippen molar-refractivity contribution in [2.75, 3.05) is 0 Å². The van der Waals surface area contributed by atoms with Crippen molar-refractivity contribution >= 4 is 11.9 Å². The maximum atomic E-state index is 12.5. The van der Waals surface area contributed by atoms with Crippen molar-refractivity contribution in [1.82, 2.24) is 0 Å². The number of allylic oxidation sites excluding steroid dienone is 3. The Hall–Kier alpha value is -1.62. The third kappa shape index (κ3) is 5.30. The summed E-state index contributed by atoms with van der Waals surface area (Å²) in [5, 5.41) is 9.89. The van der Waals surface area contributed by atoms with Crippen molar-refractivity contribution in [2.45, 2.75) is 84.5 Å². The molecule has 0 aromatic carbocycles. The molecule has 1 N–H and O–H groups in total. The summed E-state index contributed by atoms with van der Waals surface area (Å²) in [5.74, 6) is 0.755. The van der Waals surface area contributed by atoms with Gasteiger partial charge in [0.1, 0.15) is 12.2 Å². The number of aliphatic hydroxyl groups excluding tert-OH is 1. The lowest BCUT2D eigenvalue weighted by Gasteiger charge is -2.43. The van der Waals surface area contributed by atoms with Crippen LogP contribution in [0.25, 0.3) is 0 Å². The monoisotopic (exact) mass is 404 g/mol. The van der Waals surface area contributed by atoms with E-state index in [0.717, 1.165) is 25.7 Å². The summed E-state index contributed by atoms with van der Waals surface area (Å²) in [5.41, 5.74) is 1.27. The average Bonchev–Trinajstić information content (AvgIpc) is 2.65. The van der Waals surface area contributed by atoms with Gasteiger partial charge >= 0.3 is 11.9 Å². The van der Waals surface area contributed by atoms with Gasteiger partial charge in [-0.3, -0.25) is 9.59 Å². The minimum atomic E-state index is -0.597. The third-order valence-electron chi connectivity index (χ3n) is 6.93. The molecule has 162 valence electrons. The first-order chi connectivity index (χ1) is 13.8. The highest BCUT2D eigenvalue weighted by molar-refractivity contribution is 5.72. The summed E-state index contributed by atoms with van der Waals surface area (Å²) in [6.45, 7) is 8.33. The molecule has 1 fully saturated rings. The van der Waals surface area contributed by atoms with Gasteiger partial charge in [-0.25, -0.2) is 0 Å². The molecule has 3 rings (SSSR count). The van der Waals surface area contributed by atoms with Crippen LogP contribution in [0.3, 0.4) is 0 Å². The molecule has 1 saturated heterocycles. The number of hydrogen-bond donors (Lipinski definition) is 1. The maximum Gasteiger partial charge on any atom is 0.308 e. The van der Waals surface area contributed by atoms with Crippen LogP contribution in [0.1, 0.15) is 66.2 Å². The van der Waals surface area contributed by atoms with Crippen LogP contribution in [0.5, 0.6) is 0 Å². The lowest BCUT2D eigenvalue weighted by atomic mass is 9.65. The van der Waals surface area contributed by atoms with Crippen LogP contribution in [0.4, 0.5) is 0 Å². The number of fused-ring (bicyclic) bond motifs is 1.